The molecular weight excluding hydrogens is 579 g/mol. The number of hydrogen-bond acceptors (Lipinski definition) is 4. The number of ether oxygens (including phenoxy) is 2. The Labute approximate surface area is 261 Å². The number of thiazole rings is 2. The summed E-state index contributed by atoms with van der Waals surface area (Å²) in [7, 11) is 3.55. The molecule has 0 fully saturated rings. The molecule has 0 saturated heterocycles. The van der Waals surface area contributed by atoms with Crippen molar-refractivity contribution in [1.82, 2.24) is 0 Å². The highest BCUT2D eigenvalue weighted by molar-refractivity contribution is 7.09. The fourth-order valence-corrected chi connectivity index (χ4v) is 7.28. The predicted octanol–water partition coefficient (Wildman–Crippen LogP) is 0.586. The first-order valence-corrected chi connectivity index (χ1v) is 15.8. The summed E-state index contributed by atoms with van der Waals surface area (Å²) in [4.78, 5) is 2.90. The first-order valence-electron chi connectivity index (χ1n) is 14.0. The molecule has 0 amide bonds. The molecule has 0 aliphatic carbocycles. The van der Waals surface area contributed by atoms with Gasteiger partial charge in [0.05, 0.1) is 23.0 Å². The van der Waals surface area contributed by atoms with Gasteiger partial charge < -0.3 is 34.3 Å². The normalized spacial score (nSPS) is 11.0. The third kappa shape index (κ3) is 9.23. The second-order valence-electron chi connectivity index (χ2n) is 10.2. The van der Waals surface area contributed by atoms with Crippen molar-refractivity contribution >= 4 is 33.4 Å². The molecule has 8 heteroatoms. The van der Waals surface area contributed by atoms with Crippen LogP contribution in [0.4, 0.5) is 0 Å². The van der Waals surface area contributed by atoms with Crippen LogP contribution < -0.4 is 33.9 Å². The molecule has 0 saturated carbocycles. The van der Waals surface area contributed by atoms with Crippen LogP contribution in [0.2, 0.25) is 0 Å². The van der Waals surface area contributed by atoms with Crippen LogP contribution in [0.3, 0.4) is 0 Å². The molecule has 2 aromatic heterocycles. The Morgan fingerprint density at radius 1 is 0.600 bits per heavy atom. The van der Waals surface area contributed by atoms with Crippen molar-refractivity contribution < 1.29 is 43.4 Å². The smallest absolute Gasteiger partial charge is 0.225 e. The molecule has 0 N–H and O–H groups in total. The van der Waals surface area contributed by atoms with E-state index in [0.717, 1.165) is 52.0 Å². The Morgan fingerprint density at radius 3 is 1.43 bits per heavy atom. The van der Waals surface area contributed by atoms with Gasteiger partial charge in [-0.3, -0.25) is 0 Å². The van der Waals surface area contributed by atoms with Gasteiger partial charge >= 0.3 is 0 Å². The lowest BCUT2D eigenvalue weighted by molar-refractivity contribution is -0.698. The van der Waals surface area contributed by atoms with Crippen molar-refractivity contribution in [3.8, 4) is 0 Å². The van der Waals surface area contributed by atoms with E-state index in [2.05, 4.69) is 70.4 Å². The van der Waals surface area contributed by atoms with E-state index in [9.17, 15) is 0 Å². The fourth-order valence-electron chi connectivity index (χ4n) is 5.27. The molecule has 0 aliphatic heterocycles. The SMILES string of the molecule is COCCc1sc[n+](CCCCc2ccc(CCCC[n+]3csc(CCOC)c3C)c3ccccc23)c1C.[Cl-].[Cl-]. The minimum absolute atomic E-state index is 0. The molecule has 0 bridgehead atoms. The second kappa shape index (κ2) is 18.1. The van der Waals surface area contributed by atoms with Crippen LogP contribution in [-0.4, -0.2) is 27.4 Å². The standard InChI is InChI=1S/C32H44N2O2S2.2ClH/c1-25-31(17-21-35-3)37-23-33(25)19-9-7-11-27-15-16-28(30-14-6-5-13-29(27)30)12-8-10-20-34-24-38-32(26(34)2)18-22-36-4;;/h5-6,13-16,23-24H,7-12,17-22H2,1-4H3;2*1H/q+2;;/p-2. The molecule has 0 spiro atoms. The zero-order valence-corrected chi connectivity index (χ0v) is 27.5. The third-order valence-corrected chi connectivity index (χ3v) is 9.96. The summed E-state index contributed by atoms with van der Waals surface area (Å²) in [5.74, 6) is 0. The maximum absolute atomic E-state index is 5.26. The lowest BCUT2D eigenvalue weighted by Crippen LogP contribution is -3.00. The van der Waals surface area contributed by atoms with Crippen molar-refractivity contribution in [1.29, 1.82) is 0 Å². The predicted molar refractivity (Wildman–Crippen MR) is 159 cm³/mol. The van der Waals surface area contributed by atoms with E-state index >= 15 is 0 Å². The van der Waals surface area contributed by atoms with E-state index in [1.807, 2.05) is 22.7 Å². The summed E-state index contributed by atoms with van der Waals surface area (Å²) in [6.07, 6.45) is 9.14. The third-order valence-electron chi connectivity index (χ3n) is 7.67. The number of benzene rings is 2. The monoisotopic (exact) mass is 622 g/mol. The molecule has 4 nitrogen and oxygen atoms in total. The second-order valence-corrected chi connectivity index (χ2v) is 12.1. The average Bonchev–Trinajstić information content (AvgIpc) is 3.48. The molecule has 0 atom stereocenters. The maximum Gasteiger partial charge on any atom is 0.225 e. The van der Waals surface area contributed by atoms with Gasteiger partial charge in [-0.2, -0.15) is 9.13 Å². The molecule has 220 valence electrons. The van der Waals surface area contributed by atoms with Crippen molar-refractivity contribution in [2.24, 2.45) is 0 Å². The largest absolute Gasteiger partial charge is 1.00 e. The average molecular weight is 624 g/mol. The topological polar surface area (TPSA) is 26.2 Å². The molecule has 0 radical (unpaired) electrons. The first kappa shape index (κ1) is 34.7. The molecule has 0 unspecified atom stereocenters. The number of aryl methyl sites for hydroxylation is 4. The summed E-state index contributed by atoms with van der Waals surface area (Å²) in [6.45, 7) is 8.28. The molecule has 2 aromatic carbocycles. The van der Waals surface area contributed by atoms with E-state index in [4.69, 9.17) is 9.47 Å². The fraction of sp³-hybridized carbons (Fsp3) is 0.500. The van der Waals surface area contributed by atoms with Crippen LogP contribution in [0.15, 0.2) is 47.4 Å². The van der Waals surface area contributed by atoms with Crippen LogP contribution >= 0.6 is 22.7 Å². The maximum atomic E-state index is 5.26. The number of hydrogen-bond donors (Lipinski definition) is 0. The van der Waals surface area contributed by atoms with Gasteiger partial charge in [-0.25, -0.2) is 0 Å². The van der Waals surface area contributed by atoms with Gasteiger partial charge in [0.25, 0.3) is 0 Å². The van der Waals surface area contributed by atoms with Gasteiger partial charge in [-0.15, -0.1) is 0 Å². The van der Waals surface area contributed by atoms with Crippen LogP contribution in [-0.2, 0) is 48.2 Å². The van der Waals surface area contributed by atoms with Gasteiger partial charge in [0.2, 0.25) is 11.0 Å². The zero-order chi connectivity index (χ0) is 26.7. The Bertz CT molecular complexity index is 1210. The molecule has 4 aromatic rings. The minimum atomic E-state index is 0. The Balaban J connectivity index is 0.00000280. The molecule has 4 rings (SSSR count). The summed E-state index contributed by atoms with van der Waals surface area (Å²) < 4.78 is 15.4. The van der Waals surface area contributed by atoms with E-state index < -0.39 is 0 Å². The van der Waals surface area contributed by atoms with Crippen molar-refractivity contribution in [2.45, 2.75) is 78.3 Å². The lowest BCUT2D eigenvalue weighted by atomic mass is 9.94. The molecular formula is C32H44Cl2N2O2S2. The van der Waals surface area contributed by atoms with E-state index in [1.54, 1.807) is 14.2 Å². The van der Waals surface area contributed by atoms with Crippen LogP contribution in [0.1, 0.15) is 58.0 Å². The van der Waals surface area contributed by atoms with Crippen LogP contribution in [0.5, 0.6) is 0 Å². The van der Waals surface area contributed by atoms with Gasteiger partial charge in [0, 0.05) is 53.8 Å². The highest BCUT2D eigenvalue weighted by Gasteiger charge is 2.16. The zero-order valence-electron chi connectivity index (χ0n) is 24.4. The summed E-state index contributed by atoms with van der Waals surface area (Å²) in [5, 5.41) is 2.88. The number of unbranched alkanes of at least 4 members (excludes halogenated alkanes) is 2. The van der Waals surface area contributed by atoms with Gasteiger partial charge in [0.1, 0.15) is 13.1 Å². The molecule has 40 heavy (non-hydrogen) atoms. The van der Waals surface area contributed by atoms with Gasteiger partial charge in [0.15, 0.2) is 11.4 Å². The minimum Gasteiger partial charge on any atom is -1.00 e. The van der Waals surface area contributed by atoms with Crippen molar-refractivity contribution in [2.75, 3.05) is 27.4 Å². The number of aromatic nitrogens is 2. The van der Waals surface area contributed by atoms with E-state index in [1.165, 1.54) is 68.7 Å². The Kier molecular flexibility index (Phi) is 15.7. The van der Waals surface area contributed by atoms with Crippen LogP contribution in [0, 0.1) is 13.8 Å². The lowest BCUT2D eigenvalue weighted by Gasteiger charge is -2.11. The first-order chi connectivity index (χ1) is 18.6. The van der Waals surface area contributed by atoms with Gasteiger partial charge in [-0.1, -0.05) is 59.1 Å². The highest BCUT2D eigenvalue weighted by atomic mass is 35.5. The van der Waals surface area contributed by atoms with Crippen LogP contribution in [0.25, 0.3) is 10.8 Å². The van der Waals surface area contributed by atoms with Crippen molar-refractivity contribution in [3.05, 3.63) is 79.7 Å². The highest BCUT2D eigenvalue weighted by Crippen LogP contribution is 2.26. The number of halogens is 2. The number of rotatable bonds is 16. The summed E-state index contributed by atoms with van der Waals surface area (Å²) in [5.41, 5.74) is 10.4. The van der Waals surface area contributed by atoms with E-state index in [0.29, 0.717) is 0 Å². The Hall–Kier alpha value is -1.54. The quantitative estimate of drug-likeness (QED) is 0.135. The molecule has 2 heterocycles. The summed E-state index contributed by atoms with van der Waals surface area (Å²) in [6, 6.07) is 13.8. The summed E-state index contributed by atoms with van der Waals surface area (Å²) >= 11 is 3.73. The number of fused-ring (bicyclic) bond motifs is 1. The Morgan fingerprint density at radius 2 is 1.02 bits per heavy atom. The number of methoxy groups -OCH3 is 2. The number of nitrogens with zero attached hydrogens (tertiary/aromatic N) is 2. The van der Waals surface area contributed by atoms with Crippen molar-refractivity contribution in [3.63, 3.8) is 0 Å². The molecule has 0 aliphatic rings. The van der Waals surface area contributed by atoms with E-state index in [-0.39, 0.29) is 24.8 Å². The van der Waals surface area contributed by atoms with Gasteiger partial charge in [-0.05, 0) is 47.6 Å².